The third-order valence-electron chi connectivity index (χ3n) is 3.75. The minimum atomic E-state index is -0.302. The van der Waals surface area contributed by atoms with Gasteiger partial charge in [0.05, 0.1) is 13.2 Å². The first kappa shape index (κ1) is 16.5. The smallest absolute Gasteiger partial charge is 0.119 e. The monoisotopic (exact) mass is 299 g/mol. The lowest BCUT2D eigenvalue weighted by Gasteiger charge is -2.20. The summed E-state index contributed by atoms with van der Waals surface area (Å²) in [5, 5.41) is 13.2. The van der Waals surface area contributed by atoms with Crippen LogP contribution in [0.5, 0.6) is 5.75 Å². The van der Waals surface area contributed by atoms with Crippen LogP contribution in [0.4, 0.5) is 0 Å². The third-order valence-corrected chi connectivity index (χ3v) is 3.75. The van der Waals surface area contributed by atoms with Crippen molar-refractivity contribution in [2.45, 2.75) is 31.9 Å². The van der Waals surface area contributed by atoms with Gasteiger partial charge in [-0.25, -0.2) is 0 Å². The second-order valence-electron chi connectivity index (χ2n) is 5.67. The predicted octanol–water partition coefficient (Wildman–Crippen LogP) is 3.34. The van der Waals surface area contributed by atoms with E-state index in [0.29, 0.717) is 5.92 Å². The van der Waals surface area contributed by atoms with Gasteiger partial charge in [-0.3, -0.25) is 0 Å². The average molecular weight is 299 g/mol. The molecule has 0 saturated heterocycles. The van der Waals surface area contributed by atoms with Gasteiger partial charge in [-0.15, -0.1) is 0 Å². The molecule has 0 aromatic heterocycles. The van der Waals surface area contributed by atoms with E-state index in [1.54, 1.807) is 7.11 Å². The van der Waals surface area contributed by atoms with E-state index < -0.39 is 0 Å². The van der Waals surface area contributed by atoms with Gasteiger partial charge < -0.3 is 15.2 Å². The lowest BCUT2D eigenvalue weighted by molar-refractivity contribution is 0.173. The quantitative estimate of drug-likeness (QED) is 0.785. The summed E-state index contributed by atoms with van der Waals surface area (Å²) in [5.41, 5.74) is 2.46. The van der Waals surface area contributed by atoms with Crippen LogP contribution in [0.1, 0.15) is 30.4 Å². The van der Waals surface area contributed by atoms with E-state index in [-0.39, 0.29) is 6.10 Å². The fourth-order valence-electron chi connectivity index (χ4n) is 2.65. The molecule has 0 aliphatic heterocycles. The van der Waals surface area contributed by atoms with Crippen LogP contribution in [0.2, 0.25) is 0 Å². The Bertz CT molecular complexity index is 554. The van der Waals surface area contributed by atoms with Gasteiger partial charge in [0, 0.05) is 13.1 Å². The average Bonchev–Trinajstić information content (AvgIpc) is 2.54. The van der Waals surface area contributed by atoms with E-state index in [0.717, 1.165) is 25.3 Å². The maximum atomic E-state index is 9.72. The van der Waals surface area contributed by atoms with Crippen LogP contribution < -0.4 is 10.1 Å². The van der Waals surface area contributed by atoms with Gasteiger partial charge in [-0.05, 0) is 42.5 Å². The molecule has 0 aliphatic carbocycles. The Morgan fingerprint density at radius 2 is 1.86 bits per heavy atom. The van der Waals surface area contributed by atoms with Gasteiger partial charge in [0.1, 0.15) is 5.75 Å². The second-order valence-corrected chi connectivity index (χ2v) is 5.67. The van der Waals surface area contributed by atoms with Crippen molar-refractivity contribution in [3.63, 3.8) is 0 Å². The van der Waals surface area contributed by atoms with Crippen molar-refractivity contribution in [2.75, 3.05) is 13.7 Å². The Balaban J connectivity index is 1.93. The van der Waals surface area contributed by atoms with Crippen LogP contribution in [0.3, 0.4) is 0 Å². The summed E-state index contributed by atoms with van der Waals surface area (Å²) in [7, 11) is 1.68. The highest BCUT2D eigenvalue weighted by atomic mass is 16.5. The molecule has 2 aromatic carbocycles. The molecule has 118 valence electrons. The zero-order valence-corrected chi connectivity index (χ0v) is 13.3. The summed E-state index contributed by atoms with van der Waals surface area (Å²) in [6, 6.07) is 18.4. The molecule has 0 bridgehead atoms. The minimum absolute atomic E-state index is 0.302. The van der Waals surface area contributed by atoms with Crippen molar-refractivity contribution in [1.29, 1.82) is 0 Å². The zero-order valence-electron chi connectivity index (χ0n) is 13.3. The first-order chi connectivity index (χ1) is 10.7. The molecule has 0 spiro atoms. The molecular weight excluding hydrogens is 274 g/mol. The molecule has 0 aliphatic rings. The first-order valence-corrected chi connectivity index (χ1v) is 7.75. The van der Waals surface area contributed by atoms with Crippen LogP contribution in [-0.2, 0) is 6.54 Å². The topological polar surface area (TPSA) is 41.5 Å². The number of benzene rings is 2. The molecule has 3 nitrogen and oxygen atoms in total. The van der Waals surface area contributed by atoms with Gasteiger partial charge in [0.2, 0.25) is 0 Å². The number of hydrogen-bond acceptors (Lipinski definition) is 3. The summed E-state index contributed by atoms with van der Waals surface area (Å²) >= 11 is 0. The van der Waals surface area contributed by atoms with Gasteiger partial charge in [-0.2, -0.15) is 0 Å². The number of hydrogen-bond donors (Lipinski definition) is 2. The highest BCUT2D eigenvalue weighted by molar-refractivity contribution is 5.28. The number of aliphatic hydroxyl groups is 1. The molecule has 0 heterocycles. The lowest BCUT2D eigenvalue weighted by atomic mass is 9.93. The third kappa shape index (κ3) is 5.17. The Kier molecular flexibility index (Phi) is 6.44. The van der Waals surface area contributed by atoms with E-state index in [4.69, 9.17) is 4.74 Å². The first-order valence-electron chi connectivity index (χ1n) is 7.75. The van der Waals surface area contributed by atoms with Crippen LogP contribution in [-0.4, -0.2) is 24.9 Å². The van der Waals surface area contributed by atoms with E-state index >= 15 is 0 Å². The van der Waals surface area contributed by atoms with Gasteiger partial charge in [0.15, 0.2) is 0 Å². The van der Waals surface area contributed by atoms with Gasteiger partial charge in [-0.1, -0.05) is 42.5 Å². The van der Waals surface area contributed by atoms with Crippen molar-refractivity contribution in [3.05, 3.63) is 65.7 Å². The number of methoxy groups -OCH3 is 1. The van der Waals surface area contributed by atoms with Crippen LogP contribution in [0, 0.1) is 0 Å². The fraction of sp³-hybridized carbons (Fsp3) is 0.368. The Labute approximate surface area is 133 Å². The summed E-state index contributed by atoms with van der Waals surface area (Å²) in [6.07, 6.45) is 0.457. The number of rotatable bonds is 8. The summed E-state index contributed by atoms with van der Waals surface area (Å²) in [4.78, 5) is 0. The molecular formula is C19H25NO2. The van der Waals surface area contributed by atoms with E-state index in [1.165, 1.54) is 11.1 Å². The molecule has 2 aromatic rings. The molecule has 2 N–H and O–H groups in total. The standard InChI is InChI=1S/C19H25NO2/c1-15(21)11-18(17-8-4-3-5-9-17)14-20-13-16-7-6-10-19(12-16)22-2/h3-10,12,15,18,20-21H,11,13-14H2,1-2H3. The normalized spacial score (nSPS) is 13.6. The van der Waals surface area contributed by atoms with Gasteiger partial charge >= 0.3 is 0 Å². The summed E-state index contributed by atoms with van der Waals surface area (Å²) in [6.45, 7) is 3.48. The van der Waals surface area contributed by atoms with Crippen LogP contribution >= 0.6 is 0 Å². The molecule has 0 radical (unpaired) electrons. The molecule has 3 heteroatoms. The molecule has 2 rings (SSSR count). The number of ether oxygens (including phenoxy) is 1. The summed E-state index contributed by atoms with van der Waals surface area (Å²) in [5.74, 6) is 1.19. The molecule has 22 heavy (non-hydrogen) atoms. The molecule has 0 saturated carbocycles. The van der Waals surface area contributed by atoms with Crippen molar-refractivity contribution >= 4 is 0 Å². The fourth-order valence-corrected chi connectivity index (χ4v) is 2.65. The SMILES string of the molecule is COc1cccc(CNCC(CC(C)O)c2ccccc2)c1. The summed E-state index contributed by atoms with van der Waals surface area (Å²) < 4.78 is 5.24. The highest BCUT2D eigenvalue weighted by Crippen LogP contribution is 2.21. The Morgan fingerprint density at radius 3 is 2.55 bits per heavy atom. The largest absolute Gasteiger partial charge is 0.497 e. The maximum Gasteiger partial charge on any atom is 0.119 e. The molecule has 0 amide bonds. The maximum absolute atomic E-state index is 9.72. The zero-order chi connectivity index (χ0) is 15.8. The highest BCUT2D eigenvalue weighted by Gasteiger charge is 2.13. The van der Waals surface area contributed by atoms with Crippen LogP contribution in [0.15, 0.2) is 54.6 Å². The second kappa shape index (κ2) is 8.57. The van der Waals surface area contributed by atoms with Crippen molar-refractivity contribution in [1.82, 2.24) is 5.32 Å². The van der Waals surface area contributed by atoms with Crippen LogP contribution in [0.25, 0.3) is 0 Å². The van der Waals surface area contributed by atoms with Crippen molar-refractivity contribution < 1.29 is 9.84 Å². The molecule has 0 fully saturated rings. The number of nitrogens with one attached hydrogen (secondary N) is 1. The predicted molar refractivity (Wildman–Crippen MR) is 90.2 cm³/mol. The van der Waals surface area contributed by atoms with E-state index in [2.05, 4.69) is 23.5 Å². The molecule has 2 unspecified atom stereocenters. The van der Waals surface area contributed by atoms with E-state index in [1.807, 2.05) is 43.3 Å². The Morgan fingerprint density at radius 1 is 1.09 bits per heavy atom. The lowest BCUT2D eigenvalue weighted by Crippen LogP contribution is -2.23. The Hall–Kier alpha value is -1.84. The van der Waals surface area contributed by atoms with E-state index in [9.17, 15) is 5.11 Å². The van der Waals surface area contributed by atoms with Gasteiger partial charge in [0.25, 0.3) is 0 Å². The number of aliphatic hydroxyl groups excluding tert-OH is 1. The molecule has 2 atom stereocenters. The minimum Gasteiger partial charge on any atom is -0.497 e. The van der Waals surface area contributed by atoms with Crippen molar-refractivity contribution in [3.8, 4) is 5.75 Å². The van der Waals surface area contributed by atoms with Crippen molar-refractivity contribution in [2.24, 2.45) is 0 Å².